The van der Waals surface area contributed by atoms with Crippen LogP contribution in [0.4, 0.5) is 0 Å². The topological polar surface area (TPSA) is 107 Å². The first kappa shape index (κ1) is 36.0. The number of benzene rings is 3. The highest BCUT2D eigenvalue weighted by Gasteiger charge is 2.56. The maximum atomic E-state index is 13.7. The zero-order valence-electron chi connectivity index (χ0n) is 28.2. The Morgan fingerprint density at radius 2 is 1.02 bits per heavy atom. The van der Waals surface area contributed by atoms with E-state index >= 15 is 0 Å². The summed E-state index contributed by atoms with van der Waals surface area (Å²) in [4.78, 5) is 40.3. The molecule has 252 valence electrons. The van der Waals surface area contributed by atoms with E-state index < -0.39 is 56.9 Å². The Labute approximate surface area is 278 Å². The fourth-order valence-corrected chi connectivity index (χ4v) is 12.1. The average Bonchev–Trinajstić information content (AvgIpc) is 3.08. The second-order valence-corrected chi connectivity index (χ2v) is 18.0. The second-order valence-electron chi connectivity index (χ2n) is 12.6. The Balaban J connectivity index is 1.79. The third-order valence-corrected chi connectivity index (χ3v) is 14.9. The first-order chi connectivity index (χ1) is 22.5. The number of methoxy groups -OCH3 is 1. The number of ether oxygens (including phenoxy) is 5. The van der Waals surface area contributed by atoms with Crippen molar-refractivity contribution in [3.8, 4) is 0 Å². The lowest BCUT2D eigenvalue weighted by molar-refractivity contribution is -0.289. The zero-order valence-corrected chi connectivity index (χ0v) is 29.2. The van der Waals surface area contributed by atoms with Gasteiger partial charge in [0.05, 0.1) is 16.7 Å². The molecule has 0 radical (unpaired) electrons. The van der Waals surface area contributed by atoms with Crippen LogP contribution in [0.1, 0.15) is 72.6 Å². The van der Waals surface area contributed by atoms with Gasteiger partial charge in [0.15, 0.2) is 18.5 Å². The van der Waals surface area contributed by atoms with Crippen molar-refractivity contribution in [1.82, 2.24) is 0 Å². The van der Waals surface area contributed by atoms with Crippen LogP contribution in [0.2, 0.25) is 16.6 Å². The van der Waals surface area contributed by atoms with Crippen LogP contribution in [0.25, 0.3) is 0 Å². The molecule has 4 rings (SSSR count). The van der Waals surface area contributed by atoms with Crippen molar-refractivity contribution in [2.24, 2.45) is 0 Å². The molecule has 1 aliphatic heterocycles. The van der Waals surface area contributed by atoms with E-state index in [9.17, 15) is 14.4 Å². The van der Waals surface area contributed by atoms with Crippen LogP contribution in [0, 0.1) is 0 Å². The van der Waals surface area contributed by atoms with Gasteiger partial charge in [0.25, 0.3) is 0 Å². The molecule has 10 heteroatoms. The molecule has 9 nitrogen and oxygen atoms in total. The molecule has 0 saturated carbocycles. The van der Waals surface area contributed by atoms with Crippen molar-refractivity contribution in [3.63, 3.8) is 0 Å². The van der Waals surface area contributed by atoms with E-state index in [4.69, 9.17) is 28.1 Å². The molecule has 0 spiro atoms. The lowest BCUT2D eigenvalue weighted by Crippen LogP contribution is -2.66. The quantitative estimate of drug-likeness (QED) is 0.106. The van der Waals surface area contributed by atoms with E-state index in [0.717, 1.165) is 0 Å². The molecule has 0 aliphatic carbocycles. The molecule has 3 aromatic carbocycles. The van der Waals surface area contributed by atoms with Crippen LogP contribution in [-0.2, 0) is 28.1 Å². The molecule has 0 N–H and O–H groups in total. The number of hydrogen-bond acceptors (Lipinski definition) is 9. The molecule has 1 fully saturated rings. The van der Waals surface area contributed by atoms with E-state index in [1.807, 2.05) is 0 Å². The van der Waals surface area contributed by atoms with Crippen LogP contribution in [0.5, 0.6) is 0 Å². The Kier molecular flexibility index (Phi) is 12.5. The van der Waals surface area contributed by atoms with Gasteiger partial charge in [-0.05, 0) is 53.0 Å². The van der Waals surface area contributed by atoms with Gasteiger partial charge in [-0.3, -0.25) is 0 Å². The number of carbonyl (C=O) groups is 3. The van der Waals surface area contributed by atoms with Crippen molar-refractivity contribution < 1.29 is 42.5 Å². The summed E-state index contributed by atoms with van der Waals surface area (Å²) in [6, 6.07) is 25.6. The minimum atomic E-state index is -2.66. The smallest absolute Gasteiger partial charge is 0.338 e. The number of rotatable bonds is 13. The minimum absolute atomic E-state index is 0.167. The SMILES string of the molecule is CO[C@H]1OC(COC(=O)c2ccccc2)[C@H](OC(=O)c2ccccc2)C(OC(=O)c2ccccc2)C1O[Si](C(C)C)(C(C)C)C(C)C. The molecular weight excluding hydrogens is 616 g/mol. The summed E-state index contributed by atoms with van der Waals surface area (Å²) in [5, 5.41) is 0. The van der Waals surface area contributed by atoms with Crippen molar-refractivity contribution in [2.45, 2.75) is 88.9 Å². The van der Waals surface area contributed by atoms with Gasteiger partial charge < -0.3 is 28.1 Å². The Hall–Kier alpha value is -3.83. The number of hydrogen-bond donors (Lipinski definition) is 0. The monoisotopic (exact) mass is 662 g/mol. The highest BCUT2D eigenvalue weighted by Crippen LogP contribution is 2.45. The van der Waals surface area contributed by atoms with Gasteiger partial charge in [-0.2, -0.15) is 0 Å². The highest BCUT2D eigenvalue weighted by molar-refractivity contribution is 6.77. The Morgan fingerprint density at radius 3 is 1.43 bits per heavy atom. The van der Waals surface area contributed by atoms with Crippen molar-refractivity contribution in [1.29, 1.82) is 0 Å². The van der Waals surface area contributed by atoms with Crippen LogP contribution < -0.4 is 0 Å². The molecule has 0 bridgehead atoms. The van der Waals surface area contributed by atoms with Crippen molar-refractivity contribution >= 4 is 26.2 Å². The van der Waals surface area contributed by atoms with Crippen LogP contribution in [0.3, 0.4) is 0 Å². The van der Waals surface area contributed by atoms with E-state index in [2.05, 4.69) is 41.5 Å². The first-order valence-electron chi connectivity index (χ1n) is 16.1. The summed E-state index contributed by atoms with van der Waals surface area (Å²) < 4.78 is 37.6. The molecule has 3 unspecified atom stereocenters. The lowest BCUT2D eigenvalue weighted by Gasteiger charge is -2.50. The fraction of sp³-hybridized carbons (Fsp3) is 0.432. The van der Waals surface area contributed by atoms with Crippen LogP contribution in [0.15, 0.2) is 91.0 Å². The summed E-state index contributed by atoms with van der Waals surface area (Å²) >= 11 is 0. The lowest BCUT2D eigenvalue weighted by atomic mass is 9.98. The van der Waals surface area contributed by atoms with Gasteiger partial charge in [-0.25, -0.2) is 14.4 Å². The summed E-state index contributed by atoms with van der Waals surface area (Å²) in [5.41, 5.74) is 1.45. The number of esters is 3. The average molecular weight is 663 g/mol. The van der Waals surface area contributed by atoms with Gasteiger partial charge in [0.2, 0.25) is 8.32 Å². The molecule has 0 aromatic heterocycles. The van der Waals surface area contributed by atoms with Gasteiger partial charge in [-0.1, -0.05) is 96.1 Å². The highest BCUT2D eigenvalue weighted by atomic mass is 28.4. The van der Waals surface area contributed by atoms with Crippen molar-refractivity contribution in [3.05, 3.63) is 108 Å². The predicted molar refractivity (Wildman–Crippen MR) is 180 cm³/mol. The molecule has 1 saturated heterocycles. The first-order valence-corrected chi connectivity index (χ1v) is 18.2. The molecule has 47 heavy (non-hydrogen) atoms. The van der Waals surface area contributed by atoms with Crippen molar-refractivity contribution in [2.75, 3.05) is 13.7 Å². The molecule has 0 amide bonds. The molecular formula is C37H46O9Si. The fourth-order valence-electron chi connectivity index (χ4n) is 6.60. The minimum Gasteiger partial charge on any atom is -0.459 e. The third kappa shape index (κ3) is 8.37. The van der Waals surface area contributed by atoms with E-state index in [1.165, 1.54) is 7.11 Å². The molecule has 1 aliphatic rings. The van der Waals surface area contributed by atoms with Crippen LogP contribution in [-0.4, -0.2) is 70.6 Å². The normalized spacial score (nSPS) is 21.4. The van der Waals surface area contributed by atoms with Gasteiger partial charge in [-0.15, -0.1) is 0 Å². The van der Waals surface area contributed by atoms with E-state index in [1.54, 1.807) is 91.0 Å². The maximum absolute atomic E-state index is 13.7. The number of carbonyl (C=O) groups excluding carboxylic acids is 3. The second kappa shape index (κ2) is 16.3. The molecule has 1 heterocycles. The van der Waals surface area contributed by atoms with E-state index in [-0.39, 0.29) is 23.2 Å². The molecule has 5 atom stereocenters. The maximum Gasteiger partial charge on any atom is 0.338 e. The summed E-state index contributed by atoms with van der Waals surface area (Å²) in [7, 11) is -1.18. The summed E-state index contributed by atoms with van der Waals surface area (Å²) in [5.74, 6) is -1.87. The van der Waals surface area contributed by atoms with Gasteiger partial charge in [0, 0.05) is 7.11 Å². The standard InChI is InChI=1S/C37H46O9Si/c1-24(2)47(25(3)4,26(5)6)46-33-32(45-36(40)29-21-15-10-16-22-29)31(44-35(39)28-19-13-9-14-20-28)30(43-37(33)41-7)23-42-34(38)27-17-11-8-12-18-27/h8-22,24-26,30-33,37H,23H2,1-7H3/t30?,31-,32?,33?,37-/m0/s1. The zero-order chi connectivity index (χ0) is 34.1. The molecule has 3 aromatic rings. The van der Waals surface area contributed by atoms with E-state index in [0.29, 0.717) is 16.7 Å². The largest absolute Gasteiger partial charge is 0.459 e. The third-order valence-electron chi connectivity index (χ3n) is 8.76. The summed E-state index contributed by atoms with van der Waals surface area (Å²) in [6.45, 7) is 12.5. The predicted octanol–water partition coefficient (Wildman–Crippen LogP) is 7.23. The van der Waals surface area contributed by atoms with Crippen LogP contribution >= 0.6 is 0 Å². The Bertz CT molecular complexity index is 1420. The van der Waals surface area contributed by atoms with Gasteiger partial charge in [0.1, 0.15) is 18.8 Å². The summed E-state index contributed by atoms with van der Waals surface area (Å²) in [6.07, 6.45) is -5.49. The van der Waals surface area contributed by atoms with Gasteiger partial charge >= 0.3 is 17.9 Å². The Morgan fingerprint density at radius 1 is 0.617 bits per heavy atom.